The predicted molar refractivity (Wildman–Crippen MR) is 129 cm³/mol. The molecule has 3 N–H and O–H groups in total. The lowest BCUT2D eigenvalue weighted by Gasteiger charge is -2.22. The number of alkyl carbamates (subject to hydrolysis) is 1. The number of amides is 2. The van der Waals surface area contributed by atoms with E-state index in [0.717, 1.165) is 22.3 Å². The molecule has 4 rings (SSSR count). The highest BCUT2D eigenvalue weighted by atomic mass is 16.5. The molecule has 1 aliphatic carbocycles. The third kappa shape index (κ3) is 5.03. The predicted octanol–water partition coefficient (Wildman–Crippen LogP) is 3.37. The minimum absolute atomic E-state index is 0.0904. The van der Waals surface area contributed by atoms with Crippen molar-refractivity contribution in [3.8, 4) is 11.1 Å². The maximum Gasteiger partial charge on any atom is 0.408 e. The SMILES string of the molecule is CCCC(NC(=O)C(NC(=O)OCC1c2ccccc2-c2ccccc21)c1ccnn1C)C(=O)O. The van der Waals surface area contributed by atoms with Gasteiger partial charge in [-0.3, -0.25) is 9.48 Å². The Morgan fingerprint density at radius 1 is 1.03 bits per heavy atom. The van der Waals surface area contributed by atoms with E-state index in [1.807, 2.05) is 55.5 Å². The number of aryl methyl sites for hydroxylation is 1. The minimum atomic E-state index is -1.17. The zero-order valence-electron chi connectivity index (χ0n) is 19.6. The van der Waals surface area contributed by atoms with Crippen LogP contribution in [0.15, 0.2) is 60.8 Å². The van der Waals surface area contributed by atoms with E-state index in [1.165, 1.54) is 10.9 Å². The fourth-order valence-electron chi connectivity index (χ4n) is 4.50. The van der Waals surface area contributed by atoms with Crippen molar-refractivity contribution < 1.29 is 24.2 Å². The molecule has 0 fully saturated rings. The van der Waals surface area contributed by atoms with Crippen LogP contribution in [0.1, 0.15) is 48.5 Å². The van der Waals surface area contributed by atoms with Gasteiger partial charge in [-0.2, -0.15) is 5.10 Å². The number of hydrogen-bond acceptors (Lipinski definition) is 5. The molecule has 0 aliphatic heterocycles. The van der Waals surface area contributed by atoms with Gasteiger partial charge in [0.25, 0.3) is 0 Å². The average Bonchev–Trinajstić information content (AvgIpc) is 3.41. The molecule has 2 atom stereocenters. The highest BCUT2D eigenvalue weighted by Crippen LogP contribution is 2.44. The van der Waals surface area contributed by atoms with Crippen LogP contribution in [0, 0.1) is 0 Å². The van der Waals surface area contributed by atoms with Crippen molar-refractivity contribution >= 4 is 18.0 Å². The second-order valence-electron chi connectivity index (χ2n) is 8.47. The number of benzene rings is 2. The molecule has 9 nitrogen and oxygen atoms in total. The van der Waals surface area contributed by atoms with Crippen LogP contribution in [0.25, 0.3) is 11.1 Å². The van der Waals surface area contributed by atoms with Crippen molar-refractivity contribution in [3.05, 3.63) is 77.6 Å². The first-order chi connectivity index (χ1) is 16.9. The Kier molecular flexibility index (Phi) is 7.14. The first-order valence-electron chi connectivity index (χ1n) is 11.5. The molecule has 182 valence electrons. The molecular formula is C26H28N4O5. The first kappa shape index (κ1) is 24.0. The summed E-state index contributed by atoms with van der Waals surface area (Å²) < 4.78 is 7.03. The molecule has 0 saturated carbocycles. The van der Waals surface area contributed by atoms with E-state index >= 15 is 0 Å². The van der Waals surface area contributed by atoms with E-state index in [-0.39, 0.29) is 18.9 Å². The molecule has 2 unspecified atom stereocenters. The summed E-state index contributed by atoms with van der Waals surface area (Å²) in [5.74, 6) is -1.91. The van der Waals surface area contributed by atoms with Crippen molar-refractivity contribution in [2.24, 2.45) is 7.05 Å². The van der Waals surface area contributed by atoms with Crippen LogP contribution in [-0.4, -0.2) is 45.5 Å². The summed E-state index contributed by atoms with van der Waals surface area (Å²) in [6.07, 6.45) is 1.56. The summed E-state index contributed by atoms with van der Waals surface area (Å²) >= 11 is 0. The number of fused-ring (bicyclic) bond motifs is 3. The summed E-state index contributed by atoms with van der Waals surface area (Å²) in [7, 11) is 1.63. The molecule has 0 saturated heterocycles. The second kappa shape index (κ2) is 10.4. The maximum absolute atomic E-state index is 13.0. The van der Waals surface area contributed by atoms with Crippen LogP contribution >= 0.6 is 0 Å². The fourth-order valence-corrected chi connectivity index (χ4v) is 4.50. The Bertz CT molecular complexity index is 1190. The molecule has 1 aromatic heterocycles. The summed E-state index contributed by atoms with van der Waals surface area (Å²) in [4.78, 5) is 37.4. The van der Waals surface area contributed by atoms with Crippen LogP contribution in [-0.2, 0) is 21.4 Å². The second-order valence-corrected chi connectivity index (χ2v) is 8.47. The van der Waals surface area contributed by atoms with E-state index in [9.17, 15) is 19.5 Å². The van der Waals surface area contributed by atoms with Gasteiger partial charge in [0, 0.05) is 19.2 Å². The Labute approximate surface area is 203 Å². The molecule has 1 heterocycles. The smallest absolute Gasteiger partial charge is 0.408 e. The fraction of sp³-hybridized carbons (Fsp3) is 0.308. The van der Waals surface area contributed by atoms with Crippen molar-refractivity contribution in [2.45, 2.75) is 37.8 Å². The van der Waals surface area contributed by atoms with E-state index in [2.05, 4.69) is 15.7 Å². The van der Waals surface area contributed by atoms with Gasteiger partial charge >= 0.3 is 12.1 Å². The van der Waals surface area contributed by atoms with Crippen LogP contribution in [0.5, 0.6) is 0 Å². The highest BCUT2D eigenvalue weighted by Gasteiger charge is 2.32. The van der Waals surface area contributed by atoms with Crippen molar-refractivity contribution in [1.29, 1.82) is 0 Å². The Balaban J connectivity index is 1.49. The van der Waals surface area contributed by atoms with Gasteiger partial charge in [-0.15, -0.1) is 0 Å². The normalized spacial score (nSPS) is 13.9. The van der Waals surface area contributed by atoms with E-state index in [1.54, 1.807) is 13.1 Å². The van der Waals surface area contributed by atoms with Crippen LogP contribution < -0.4 is 10.6 Å². The average molecular weight is 477 g/mol. The molecule has 3 aromatic rings. The van der Waals surface area contributed by atoms with Gasteiger partial charge in [-0.1, -0.05) is 61.9 Å². The number of carbonyl (C=O) groups excluding carboxylic acids is 2. The summed E-state index contributed by atoms with van der Waals surface area (Å²) in [6, 6.07) is 15.4. The highest BCUT2D eigenvalue weighted by molar-refractivity contribution is 5.90. The van der Waals surface area contributed by atoms with Crippen LogP contribution in [0.4, 0.5) is 4.79 Å². The molecule has 35 heavy (non-hydrogen) atoms. The molecule has 2 amide bonds. The van der Waals surface area contributed by atoms with Crippen molar-refractivity contribution in [1.82, 2.24) is 20.4 Å². The maximum atomic E-state index is 13.0. The topological polar surface area (TPSA) is 123 Å². The van der Waals surface area contributed by atoms with Gasteiger partial charge in [-0.25, -0.2) is 9.59 Å². The number of aromatic nitrogens is 2. The third-order valence-corrected chi connectivity index (χ3v) is 6.21. The number of carbonyl (C=O) groups is 3. The van der Waals surface area contributed by atoms with E-state index < -0.39 is 30.1 Å². The van der Waals surface area contributed by atoms with Gasteiger partial charge in [0.15, 0.2) is 6.04 Å². The molecule has 0 bridgehead atoms. The number of nitrogens with zero attached hydrogens (tertiary/aromatic N) is 2. The molecule has 2 aromatic carbocycles. The largest absolute Gasteiger partial charge is 0.480 e. The van der Waals surface area contributed by atoms with Gasteiger partial charge in [0.2, 0.25) is 5.91 Å². The van der Waals surface area contributed by atoms with Gasteiger partial charge in [0.1, 0.15) is 12.6 Å². The zero-order chi connectivity index (χ0) is 24.9. The molecule has 1 aliphatic rings. The number of carboxylic acids is 1. The Morgan fingerprint density at radius 3 is 2.20 bits per heavy atom. The summed E-state index contributed by atoms with van der Waals surface area (Å²) in [5.41, 5.74) is 4.77. The van der Waals surface area contributed by atoms with Gasteiger partial charge in [0.05, 0.1) is 5.69 Å². The number of carboxylic acid groups (broad SMARTS) is 1. The quantitative estimate of drug-likeness (QED) is 0.435. The lowest BCUT2D eigenvalue weighted by atomic mass is 9.98. The molecule has 0 spiro atoms. The zero-order valence-corrected chi connectivity index (χ0v) is 19.6. The molecule has 0 radical (unpaired) electrons. The lowest BCUT2D eigenvalue weighted by Crippen LogP contribution is -2.47. The van der Waals surface area contributed by atoms with E-state index in [0.29, 0.717) is 12.1 Å². The monoisotopic (exact) mass is 476 g/mol. The summed E-state index contributed by atoms with van der Waals surface area (Å²) in [5, 5.41) is 18.6. The number of nitrogens with one attached hydrogen (secondary N) is 2. The lowest BCUT2D eigenvalue weighted by molar-refractivity contribution is -0.142. The number of ether oxygens (including phenoxy) is 1. The van der Waals surface area contributed by atoms with Gasteiger partial charge in [-0.05, 0) is 34.7 Å². The standard InChI is InChI=1S/C26H28N4O5/c1-3-8-21(25(32)33)28-24(31)23(22-13-14-27-30(22)2)29-26(34)35-15-20-18-11-6-4-9-16(18)17-10-5-7-12-19(17)20/h4-7,9-14,20-21,23H,3,8,15H2,1-2H3,(H,28,31)(H,29,34)(H,32,33). The Hall–Kier alpha value is -4.14. The number of aliphatic carboxylic acids is 1. The van der Waals surface area contributed by atoms with Crippen LogP contribution in [0.3, 0.4) is 0 Å². The first-order valence-corrected chi connectivity index (χ1v) is 11.5. The van der Waals surface area contributed by atoms with Crippen LogP contribution in [0.2, 0.25) is 0 Å². The molecule has 9 heteroatoms. The number of hydrogen-bond donors (Lipinski definition) is 3. The van der Waals surface area contributed by atoms with Crippen molar-refractivity contribution in [2.75, 3.05) is 6.61 Å². The minimum Gasteiger partial charge on any atom is -0.480 e. The third-order valence-electron chi connectivity index (χ3n) is 6.21. The molecular weight excluding hydrogens is 448 g/mol. The summed E-state index contributed by atoms with van der Waals surface area (Å²) in [6.45, 7) is 1.92. The Morgan fingerprint density at radius 2 is 1.66 bits per heavy atom. The van der Waals surface area contributed by atoms with Gasteiger partial charge < -0.3 is 20.5 Å². The van der Waals surface area contributed by atoms with Crippen molar-refractivity contribution in [3.63, 3.8) is 0 Å². The number of rotatable bonds is 9. The van der Waals surface area contributed by atoms with E-state index in [4.69, 9.17) is 4.74 Å².